The number of carbonyl (C=O) groups is 2. The summed E-state index contributed by atoms with van der Waals surface area (Å²) in [5, 5.41) is 16.8. The molecule has 0 spiro atoms. The Kier molecular flexibility index (Phi) is 6.73. The summed E-state index contributed by atoms with van der Waals surface area (Å²) in [4.78, 5) is 28.4. The lowest BCUT2D eigenvalue weighted by Crippen LogP contribution is -2.56. The molecule has 1 fully saturated rings. The minimum absolute atomic E-state index is 0.0144. The van der Waals surface area contributed by atoms with Crippen molar-refractivity contribution in [3.63, 3.8) is 0 Å². The number of rotatable bonds is 5. The molecule has 2 aromatic rings. The van der Waals surface area contributed by atoms with Crippen LogP contribution in [0.25, 0.3) is 5.69 Å². The molecule has 0 radical (unpaired) electrons. The largest absolute Gasteiger partial charge is 0.394 e. The van der Waals surface area contributed by atoms with Gasteiger partial charge in [0.25, 0.3) is 5.91 Å². The summed E-state index contributed by atoms with van der Waals surface area (Å²) in [6.45, 7) is 6.38. The van der Waals surface area contributed by atoms with Crippen LogP contribution in [-0.2, 0) is 22.6 Å². The number of aliphatic hydroxyl groups excluding tert-OH is 1. The highest BCUT2D eigenvalue weighted by Gasteiger charge is 2.40. The van der Waals surface area contributed by atoms with Gasteiger partial charge in [-0.1, -0.05) is 20.8 Å². The highest BCUT2D eigenvalue weighted by molar-refractivity contribution is 5.98. The van der Waals surface area contributed by atoms with Gasteiger partial charge in [-0.05, 0) is 30.4 Å². The summed E-state index contributed by atoms with van der Waals surface area (Å²) in [6, 6.07) is 1.92. The fourth-order valence-electron chi connectivity index (χ4n) is 4.60. The van der Waals surface area contributed by atoms with Crippen molar-refractivity contribution >= 4 is 11.8 Å². The predicted octanol–water partition coefficient (Wildman–Crippen LogP) is 2.35. The van der Waals surface area contributed by atoms with Gasteiger partial charge in [-0.25, -0.2) is 13.5 Å². The van der Waals surface area contributed by atoms with Crippen LogP contribution >= 0.6 is 0 Å². The molecule has 0 saturated carbocycles. The van der Waals surface area contributed by atoms with Crippen LogP contribution in [-0.4, -0.2) is 63.4 Å². The molecule has 2 amide bonds. The predicted molar refractivity (Wildman–Crippen MR) is 119 cm³/mol. The van der Waals surface area contributed by atoms with Crippen molar-refractivity contribution in [2.24, 2.45) is 5.41 Å². The van der Waals surface area contributed by atoms with Gasteiger partial charge in [-0.15, -0.1) is 0 Å². The smallest absolute Gasteiger partial charge is 0.272 e. The van der Waals surface area contributed by atoms with Crippen molar-refractivity contribution in [1.82, 2.24) is 20.0 Å². The maximum atomic E-state index is 14.5. The number of halogens is 2. The molecule has 1 aromatic heterocycles. The number of aromatic nitrogens is 2. The molecule has 34 heavy (non-hydrogen) atoms. The summed E-state index contributed by atoms with van der Waals surface area (Å²) in [5.41, 5.74) is 0.355. The number of benzene rings is 1. The average molecular weight is 477 g/mol. The third kappa shape index (κ3) is 4.56. The van der Waals surface area contributed by atoms with E-state index in [0.29, 0.717) is 37.3 Å². The van der Waals surface area contributed by atoms with Crippen molar-refractivity contribution in [1.29, 1.82) is 0 Å². The molecule has 0 unspecified atom stereocenters. The Morgan fingerprint density at radius 2 is 2.09 bits per heavy atom. The van der Waals surface area contributed by atoms with Crippen molar-refractivity contribution in [2.75, 3.05) is 19.8 Å². The molecule has 1 aromatic carbocycles. The van der Waals surface area contributed by atoms with Crippen LogP contribution in [0.5, 0.6) is 0 Å². The Labute approximate surface area is 196 Å². The zero-order chi connectivity index (χ0) is 24.6. The van der Waals surface area contributed by atoms with Crippen molar-refractivity contribution in [2.45, 2.75) is 58.7 Å². The van der Waals surface area contributed by atoms with E-state index < -0.39 is 29.0 Å². The molecule has 2 aliphatic rings. The fraction of sp³-hybridized carbons (Fsp3) is 0.542. The normalized spacial score (nSPS) is 19.1. The summed E-state index contributed by atoms with van der Waals surface area (Å²) in [7, 11) is 0. The number of nitrogens with one attached hydrogen (secondary N) is 1. The van der Waals surface area contributed by atoms with Crippen molar-refractivity contribution in [3.8, 4) is 5.69 Å². The van der Waals surface area contributed by atoms with Crippen LogP contribution in [0.2, 0.25) is 0 Å². The van der Waals surface area contributed by atoms with Gasteiger partial charge in [-0.3, -0.25) is 9.59 Å². The standard InChI is InChI=1S/C24H30F2N4O4/c1-24(2,3)21(23(33)29-9-4-5-15(29)12-31)27-22(32)20-16-13-34-10-8-18(16)30(28-20)19-11-14(25)6-7-17(19)26/h6-7,11,15,21,31H,4-5,8-10,12-13H2,1-3H3,(H,27,32)/t15-,21+/m0/s1. The Hall–Kier alpha value is -2.85. The van der Waals surface area contributed by atoms with E-state index in [2.05, 4.69) is 10.4 Å². The third-order valence-corrected chi connectivity index (χ3v) is 6.43. The lowest BCUT2D eigenvalue weighted by atomic mass is 9.85. The van der Waals surface area contributed by atoms with Crippen LogP contribution in [0, 0.1) is 17.0 Å². The lowest BCUT2D eigenvalue weighted by Gasteiger charge is -2.35. The molecule has 184 valence electrons. The van der Waals surface area contributed by atoms with E-state index in [1.165, 1.54) is 4.68 Å². The van der Waals surface area contributed by atoms with Crippen LogP contribution in [0.1, 0.15) is 55.4 Å². The number of carbonyl (C=O) groups excluding carboxylic acids is 2. The van der Waals surface area contributed by atoms with Gasteiger partial charge in [0, 0.05) is 24.6 Å². The molecular formula is C24H30F2N4O4. The molecule has 2 N–H and O–H groups in total. The quantitative estimate of drug-likeness (QED) is 0.691. The minimum atomic E-state index is -0.872. The molecule has 0 bridgehead atoms. The number of ether oxygens (including phenoxy) is 1. The molecular weight excluding hydrogens is 446 g/mol. The van der Waals surface area contributed by atoms with Crippen LogP contribution in [0.15, 0.2) is 18.2 Å². The lowest BCUT2D eigenvalue weighted by molar-refractivity contribution is -0.137. The van der Waals surface area contributed by atoms with E-state index in [1.807, 2.05) is 20.8 Å². The Balaban J connectivity index is 1.68. The first-order chi connectivity index (χ1) is 16.1. The summed E-state index contributed by atoms with van der Waals surface area (Å²) in [5.74, 6) is -2.15. The van der Waals surface area contributed by atoms with E-state index in [1.54, 1.807) is 4.90 Å². The number of likely N-dealkylation sites (tertiary alicyclic amines) is 1. The molecule has 0 aliphatic carbocycles. The van der Waals surface area contributed by atoms with Gasteiger partial charge < -0.3 is 20.1 Å². The van der Waals surface area contributed by atoms with Gasteiger partial charge in [0.05, 0.1) is 31.6 Å². The molecule has 3 heterocycles. The van der Waals surface area contributed by atoms with Crippen molar-refractivity contribution < 1.29 is 28.2 Å². The molecule has 2 aliphatic heterocycles. The molecule has 8 nitrogen and oxygen atoms in total. The highest BCUT2D eigenvalue weighted by Crippen LogP contribution is 2.28. The number of hydrogen-bond donors (Lipinski definition) is 2. The average Bonchev–Trinajstić information content (AvgIpc) is 3.42. The monoisotopic (exact) mass is 476 g/mol. The van der Waals surface area contributed by atoms with E-state index in [-0.39, 0.29) is 36.5 Å². The topological polar surface area (TPSA) is 96.7 Å². The second-order valence-electron chi connectivity index (χ2n) is 9.87. The Morgan fingerprint density at radius 1 is 1.32 bits per heavy atom. The molecule has 1 saturated heterocycles. The summed E-state index contributed by atoms with van der Waals surface area (Å²) < 4.78 is 35.1. The first-order valence-electron chi connectivity index (χ1n) is 11.5. The maximum Gasteiger partial charge on any atom is 0.272 e. The zero-order valence-corrected chi connectivity index (χ0v) is 19.6. The van der Waals surface area contributed by atoms with Gasteiger partial charge >= 0.3 is 0 Å². The minimum Gasteiger partial charge on any atom is -0.394 e. The second kappa shape index (κ2) is 9.42. The highest BCUT2D eigenvalue weighted by atomic mass is 19.1. The molecule has 4 rings (SSSR count). The Morgan fingerprint density at radius 3 is 2.79 bits per heavy atom. The number of amides is 2. The van der Waals surface area contributed by atoms with Gasteiger partial charge in [0.2, 0.25) is 5.91 Å². The van der Waals surface area contributed by atoms with Crippen LogP contribution < -0.4 is 5.32 Å². The molecule has 2 atom stereocenters. The third-order valence-electron chi connectivity index (χ3n) is 6.43. The molecule has 10 heteroatoms. The number of fused-ring (bicyclic) bond motifs is 1. The van der Waals surface area contributed by atoms with Crippen LogP contribution in [0.4, 0.5) is 8.78 Å². The zero-order valence-electron chi connectivity index (χ0n) is 19.6. The second-order valence-corrected chi connectivity index (χ2v) is 9.87. The number of nitrogens with zero attached hydrogens (tertiary/aromatic N) is 3. The first kappa shape index (κ1) is 24.3. The first-order valence-corrected chi connectivity index (χ1v) is 11.5. The van der Waals surface area contributed by atoms with E-state index >= 15 is 0 Å². The summed E-state index contributed by atoms with van der Waals surface area (Å²) >= 11 is 0. The number of aliphatic hydroxyl groups is 1. The van der Waals surface area contributed by atoms with Gasteiger partial charge in [0.1, 0.15) is 23.4 Å². The maximum absolute atomic E-state index is 14.5. The van der Waals surface area contributed by atoms with E-state index in [4.69, 9.17) is 4.74 Å². The van der Waals surface area contributed by atoms with Gasteiger partial charge in [0.15, 0.2) is 5.69 Å². The Bertz CT molecular complexity index is 1100. The van der Waals surface area contributed by atoms with Gasteiger partial charge in [-0.2, -0.15) is 5.10 Å². The fourth-order valence-corrected chi connectivity index (χ4v) is 4.60. The SMILES string of the molecule is CC(C)(C)[C@H](NC(=O)c1nn(-c2cc(F)ccc2F)c2c1COCC2)C(=O)N1CCC[C@H]1CO. The van der Waals surface area contributed by atoms with Crippen LogP contribution in [0.3, 0.4) is 0 Å². The summed E-state index contributed by atoms with van der Waals surface area (Å²) in [6.07, 6.45) is 1.87. The van der Waals surface area contributed by atoms with E-state index in [9.17, 15) is 23.5 Å². The van der Waals surface area contributed by atoms with Crippen molar-refractivity contribution in [3.05, 3.63) is 46.8 Å². The van der Waals surface area contributed by atoms with E-state index in [0.717, 1.165) is 24.6 Å². The number of hydrogen-bond acceptors (Lipinski definition) is 5.